The Morgan fingerprint density at radius 1 is 0.656 bits per heavy atom. The molecule has 0 bridgehead atoms. The second-order valence-corrected chi connectivity index (χ2v) is 20.9. The maximum absolute atomic E-state index is 12.0. The summed E-state index contributed by atoms with van der Waals surface area (Å²) in [5.74, 6) is 1.41. The van der Waals surface area contributed by atoms with Crippen LogP contribution in [0.1, 0.15) is 130 Å². The molecule has 1 N–H and O–H groups in total. The summed E-state index contributed by atoms with van der Waals surface area (Å²) in [6.07, 6.45) is 6.86. The van der Waals surface area contributed by atoms with E-state index in [4.69, 9.17) is 19.4 Å². The largest absolute Gasteiger partial charge is 0.507 e. The van der Waals surface area contributed by atoms with Crippen molar-refractivity contribution in [1.82, 2.24) is 15.0 Å². The van der Waals surface area contributed by atoms with Gasteiger partial charge in [0.05, 0.1) is 11.3 Å². The molecule has 0 saturated heterocycles. The van der Waals surface area contributed by atoms with E-state index in [0.29, 0.717) is 34.0 Å². The maximum atomic E-state index is 12.0. The number of aromatic hydroxyl groups is 1. The number of fused-ring (bicyclic) bond motifs is 1. The summed E-state index contributed by atoms with van der Waals surface area (Å²) in [5, 5.41) is 12.0. The molecule has 7 aromatic rings. The summed E-state index contributed by atoms with van der Waals surface area (Å²) < 4.78 is 6.70. The van der Waals surface area contributed by atoms with E-state index in [9.17, 15) is 5.11 Å². The molecule has 5 nitrogen and oxygen atoms in total. The minimum atomic E-state index is -0.279. The third-order valence-corrected chi connectivity index (χ3v) is 12.5. The van der Waals surface area contributed by atoms with E-state index in [1.165, 1.54) is 31.2 Å². The van der Waals surface area contributed by atoms with Crippen LogP contribution in [0.5, 0.6) is 5.75 Å². The van der Waals surface area contributed by atoms with Gasteiger partial charge in [-0.1, -0.05) is 160 Å². The van der Waals surface area contributed by atoms with Gasteiger partial charge in [-0.3, -0.25) is 15.0 Å². The first kappa shape index (κ1) is 44.2. The minimum Gasteiger partial charge on any atom is -0.507 e. The first-order valence-corrected chi connectivity index (χ1v) is 21.6. The number of oxazole rings is 1. The van der Waals surface area contributed by atoms with Gasteiger partial charge in [-0.15, -0.1) is 6.07 Å². The molecule has 8 rings (SSSR count). The Morgan fingerprint density at radius 3 is 1.89 bits per heavy atom. The predicted molar refractivity (Wildman–Crippen MR) is 248 cm³/mol. The Bertz CT molecular complexity index is 2660. The van der Waals surface area contributed by atoms with E-state index < -0.39 is 0 Å². The molecule has 0 radical (unpaired) electrons. The number of pyridine rings is 2. The summed E-state index contributed by atoms with van der Waals surface area (Å²) in [5.41, 5.74) is 13.2. The van der Waals surface area contributed by atoms with E-state index in [-0.39, 0.29) is 43.1 Å². The van der Waals surface area contributed by atoms with E-state index in [2.05, 4.69) is 149 Å². The first-order valence-electron chi connectivity index (χ1n) is 21.6. The third kappa shape index (κ3) is 9.34. The molecule has 0 atom stereocenters. The van der Waals surface area contributed by atoms with Crippen molar-refractivity contribution in [2.45, 2.75) is 124 Å². The summed E-state index contributed by atoms with van der Waals surface area (Å²) in [4.78, 5) is 15.5. The molecule has 0 amide bonds. The molecule has 3 aromatic heterocycles. The molecule has 0 unspecified atom stereocenters. The van der Waals surface area contributed by atoms with E-state index >= 15 is 0 Å². The summed E-state index contributed by atoms with van der Waals surface area (Å²) in [7, 11) is 0. The molecule has 318 valence electrons. The number of nitrogens with zero attached hydrogens (tertiary/aromatic N) is 3. The Kier molecular flexibility index (Phi) is 11.9. The van der Waals surface area contributed by atoms with Crippen molar-refractivity contribution < 1.29 is 30.6 Å². The number of hydrogen-bond donors (Lipinski definition) is 1. The van der Waals surface area contributed by atoms with Crippen LogP contribution in [0.25, 0.3) is 67.5 Å². The summed E-state index contributed by atoms with van der Waals surface area (Å²) in [6, 6.07) is 37.6. The molecule has 4 aromatic carbocycles. The van der Waals surface area contributed by atoms with Crippen LogP contribution < -0.4 is 0 Å². The number of benzene rings is 4. The molecular formula is C55H60N3O2Pt-. The van der Waals surface area contributed by atoms with Crippen molar-refractivity contribution in [1.29, 1.82) is 0 Å². The van der Waals surface area contributed by atoms with Crippen LogP contribution in [0.15, 0.2) is 108 Å². The molecule has 6 heteroatoms. The topological polar surface area (TPSA) is 72.0 Å². The Balaban J connectivity index is 0.00000561. The monoisotopic (exact) mass is 989 g/mol. The van der Waals surface area contributed by atoms with Crippen LogP contribution >= 0.6 is 0 Å². The Hall–Kier alpha value is -4.86. The molecular weight excluding hydrogens is 930 g/mol. The smallest absolute Gasteiger partial charge is 0.218 e. The average Bonchev–Trinajstić information content (AvgIpc) is 3.64. The quantitative estimate of drug-likeness (QED) is 0.168. The van der Waals surface area contributed by atoms with Gasteiger partial charge in [0, 0.05) is 60.9 Å². The van der Waals surface area contributed by atoms with Gasteiger partial charge in [0.15, 0.2) is 0 Å². The van der Waals surface area contributed by atoms with E-state index in [0.717, 1.165) is 61.5 Å². The van der Waals surface area contributed by atoms with Gasteiger partial charge in [-0.05, 0) is 105 Å². The maximum Gasteiger partial charge on any atom is 0.218 e. The number of phenols is 1. The zero-order chi connectivity index (χ0) is 42.8. The summed E-state index contributed by atoms with van der Waals surface area (Å²) >= 11 is 0. The minimum absolute atomic E-state index is 0. The number of hydrogen-bond acceptors (Lipinski definition) is 5. The number of aromatic nitrogens is 3. The predicted octanol–water partition coefficient (Wildman–Crippen LogP) is 15.0. The fraction of sp³-hybridized carbons (Fsp3) is 0.364. The Labute approximate surface area is 377 Å². The Morgan fingerprint density at radius 2 is 1.28 bits per heavy atom. The molecule has 1 fully saturated rings. The SMILES string of the molecule is CC1(C)CCC(c2ccc(-c3nc4c(-c5ccc(-c6ccccc6)cn5)[c-]c(-c5cc(C(C)(C)C)cc(-c6cc(C(C)(C)C)cc(C(C)(C)C)c6O)n5)cc4o3)cc2)CC1.[Pt]. The second-order valence-electron chi connectivity index (χ2n) is 20.9. The zero-order valence-electron chi connectivity index (χ0n) is 37.7. The average molecular weight is 990 g/mol. The van der Waals surface area contributed by atoms with E-state index in [1.807, 2.05) is 36.5 Å². The molecule has 1 saturated carbocycles. The van der Waals surface area contributed by atoms with Gasteiger partial charge >= 0.3 is 0 Å². The molecule has 61 heavy (non-hydrogen) atoms. The van der Waals surface area contributed by atoms with E-state index in [1.54, 1.807) is 0 Å². The van der Waals surface area contributed by atoms with Crippen LogP contribution in [0.2, 0.25) is 0 Å². The molecule has 0 spiro atoms. The van der Waals surface area contributed by atoms with Crippen LogP contribution in [0.4, 0.5) is 0 Å². The standard InChI is InChI=1S/C55H60N3O2.Pt/c1-52(2,3)40-29-43(50(59)44(30-40)54(7,8)9)47-32-41(53(4,5)6)31-46(57-47)39-27-42(45-22-21-38(33-56-45)34-15-13-12-14-16-34)49-48(28-39)60-51(58-49)37-19-17-35(18-20-37)36-23-25-55(10,11)26-24-36;/h12-22,28-33,36,59H,23-26H2,1-11H3;/q-1;. The first-order chi connectivity index (χ1) is 28.2. The normalized spacial score (nSPS) is 14.9. The molecule has 3 heterocycles. The van der Waals surface area contributed by atoms with Crippen LogP contribution in [0.3, 0.4) is 0 Å². The van der Waals surface area contributed by atoms with Crippen LogP contribution in [-0.2, 0) is 37.3 Å². The second kappa shape index (κ2) is 16.4. The fourth-order valence-corrected chi connectivity index (χ4v) is 8.46. The van der Waals surface area contributed by atoms with Gasteiger partial charge in [-0.25, -0.2) is 0 Å². The third-order valence-electron chi connectivity index (χ3n) is 12.5. The zero-order valence-corrected chi connectivity index (χ0v) is 40.0. The van der Waals surface area contributed by atoms with Gasteiger partial charge in [-0.2, -0.15) is 0 Å². The van der Waals surface area contributed by atoms with Crippen LogP contribution in [0, 0.1) is 11.5 Å². The molecule has 1 aliphatic carbocycles. The van der Waals surface area contributed by atoms with Crippen molar-refractivity contribution in [3.63, 3.8) is 0 Å². The van der Waals surface area contributed by atoms with Crippen molar-refractivity contribution >= 4 is 11.1 Å². The van der Waals surface area contributed by atoms with Crippen molar-refractivity contribution in [3.8, 4) is 62.1 Å². The van der Waals surface area contributed by atoms with Gasteiger partial charge < -0.3 is 9.52 Å². The van der Waals surface area contributed by atoms with Crippen molar-refractivity contribution in [3.05, 3.63) is 132 Å². The number of rotatable bonds is 6. The fourth-order valence-electron chi connectivity index (χ4n) is 8.46. The molecule has 0 aliphatic heterocycles. The van der Waals surface area contributed by atoms with Gasteiger partial charge in [0.25, 0.3) is 0 Å². The molecule has 1 aliphatic rings. The van der Waals surface area contributed by atoms with Crippen molar-refractivity contribution in [2.24, 2.45) is 5.41 Å². The van der Waals surface area contributed by atoms with Gasteiger partial charge in [0.2, 0.25) is 5.89 Å². The van der Waals surface area contributed by atoms with Gasteiger partial charge in [0.1, 0.15) is 5.75 Å². The number of phenolic OH excluding ortho intramolecular Hbond substituents is 1. The van der Waals surface area contributed by atoms with Crippen LogP contribution in [-0.4, -0.2) is 20.1 Å². The van der Waals surface area contributed by atoms with Crippen molar-refractivity contribution in [2.75, 3.05) is 0 Å². The summed E-state index contributed by atoms with van der Waals surface area (Å²) in [6.45, 7) is 24.5.